The Kier molecular flexibility index (Phi) is 7.29. The zero-order chi connectivity index (χ0) is 13.2. The van der Waals surface area contributed by atoms with E-state index in [0.29, 0.717) is 25.2 Å². The number of aryl methyl sites for hydroxylation is 1. The summed E-state index contributed by atoms with van der Waals surface area (Å²) in [6.07, 6.45) is 3.13. The van der Waals surface area contributed by atoms with E-state index >= 15 is 0 Å². The van der Waals surface area contributed by atoms with Gasteiger partial charge in [-0.15, -0.1) is 0 Å². The Morgan fingerprint density at radius 2 is 2.22 bits per heavy atom. The van der Waals surface area contributed by atoms with Gasteiger partial charge in [0.1, 0.15) is 0 Å². The van der Waals surface area contributed by atoms with Crippen molar-refractivity contribution in [1.82, 2.24) is 10.3 Å². The zero-order valence-corrected chi connectivity index (χ0v) is 11.0. The van der Waals surface area contributed by atoms with Crippen LogP contribution in [0.5, 0.6) is 5.88 Å². The van der Waals surface area contributed by atoms with Crippen molar-refractivity contribution >= 4 is 0 Å². The lowest BCUT2D eigenvalue weighted by Gasteiger charge is -2.08. The van der Waals surface area contributed by atoms with Gasteiger partial charge in [-0.25, -0.2) is 9.37 Å². The Bertz CT molecular complexity index is 348. The fraction of sp³-hybridized carbons (Fsp3) is 0.615. The maximum absolute atomic E-state index is 13.9. The molecule has 4 nitrogen and oxygen atoms in total. The van der Waals surface area contributed by atoms with Gasteiger partial charge in [0, 0.05) is 19.9 Å². The molecule has 0 aliphatic rings. The van der Waals surface area contributed by atoms with Gasteiger partial charge in [0.25, 0.3) is 5.88 Å². The second-order valence-electron chi connectivity index (χ2n) is 3.87. The van der Waals surface area contributed by atoms with Crippen molar-refractivity contribution in [1.29, 1.82) is 0 Å². The maximum Gasteiger partial charge on any atom is 0.250 e. The number of nitrogens with one attached hydrogen (secondary N) is 1. The monoisotopic (exact) mass is 256 g/mol. The molecule has 0 atom stereocenters. The molecular formula is C13H21FN2O2. The molecule has 0 amide bonds. The third kappa shape index (κ3) is 4.98. The molecule has 0 unspecified atom stereocenters. The Labute approximate surface area is 108 Å². The van der Waals surface area contributed by atoms with Gasteiger partial charge >= 0.3 is 0 Å². The minimum absolute atomic E-state index is 0.0994. The van der Waals surface area contributed by atoms with Crippen LogP contribution < -0.4 is 10.1 Å². The van der Waals surface area contributed by atoms with E-state index in [-0.39, 0.29) is 11.7 Å². The molecular weight excluding hydrogens is 235 g/mol. The molecule has 0 radical (unpaired) electrons. The number of ether oxygens (including phenoxy) is 2. The van der Waals surface area contributed by atoms with Crippen LogP contribution in [-0.2, 0) is 11.2 Å². The van der Waals surface area contributed by atoms with E-state index in [1.54, 1.807) is 19.4 Å². The molecule has 0 fully saturated rings. The molecule has 0 saturated carbocycles. The summed E-state index contributed by atoms with van der Waals surface area (Å²) in [5, 5.41) is 3.22. The second-order valence-corrected chi connectivity index (χ2v) is 3.87. The molecule has 1 heterocycles. The number of hydrogen-bond acceptors (Lipinski definition) is 4. The summed E-state index contributed by atoms with van der Waals surface area (Å²) < 4.78 is 23.9. The molecule has 0 aliphatic carbocycles. The fourth-order valence-electron chi connectivity index (χ4n) is 1.60. The summed E-state index contributed by atoms with van der Waals surface area (Å²) in [5.41, 5.74) is 0.655. The highest BCUT2D eigenvalue weighted by Gasteiger charge is 2.09. The highest BCUT2D eigenvalue weighted by atomic mass is 19.1. The first kappa shape index (κ1) is 14.9. The minimum atomic E-state index is -0.337. The van der Waals surface area contributed by atoms with Crippen molar-refractivity contribution in [2.24, 2.45) is 0 Å². The van der Waals surface area contributed by atoms with Crippen LogP contribution in [0, 0.1) is 5.82 Å². The number of halogens is 1. The van der Waals surface area contributed by atoms with Gasteiger partial charge in [-0.3, -0.25) is 0 Å². The lowest BCUT2D eigenvalue weighted by Crippen LogP contribution is -2.20. The van der Waals surface area contributed by atoms with Gasteiger partial charge in [-0.05, 0) is 37.9 Å². The van der Waals surface area contributed by atoms with Crippen LogP contribution in [0.4, 0.5) is 4.39 Å². The molecule has 0 saturated heterocycles. The molecule has 1 aromatic heterocycles. The molecule has 18 heavy (non-hydrogen) atoms. The van der Waals surface area contributed by atoms with E-state index in [4.69, 9.17) is 9.47 Å². The molecule has 1 aromatic rings. The first-order valence-corrected chi connectivity index (χ1v) is 6.25. The van der Waals surface area contributed by atoms with Gasteiger partial charge in [0.2, 0.25) is 0 Å². The number of methoxy groups -OCH3 is 1. The predicted molar refractivity (Wildman–Crippen MR) is 68.4 cm³/mol. The molecule has 0 spiro atoms. The highest BCUT2D eigenvalue weighted by Crippen LogP contribution is 2.18. The normalized spacial score (nSPS) is 10.6. The van der Waals surface area contributed by atoms with Crippen LogP contribution >= 0.6 is 0 Å². The van der Waals surface area contributed by atoms with Gasteiger partial charge in [-0.1, -0.05) is 0 Å². The van der Waals surface area contributed by atoms with Gasteiger partial charge in [0.05, 0.1) is 13.2 Å². The fourth-order valence-corrected chi connectivity index (χ4v) is 1.60. The van der Waals surface area contributed by atoms with Crippen molar-refractivity contribution in [2.45, 2.75) is 19.8 Å². The van der Waals surface area contributed by atoms with Crippen molar-refractivity contribution in [3.8, 4) is 5.88 Å². The van der Waals surface area contributed by atoms with Crippen LogP contribution in [0.2, 0.25) is 0 Å². The SMILES string of the molecule is CCOc1nccc(CCCNCCOC)c1F. The van der Waals surface area contributed by atoms with Crippen LogP contribution in [0.3, 0.4) is 0 Å². The number of hydrogen-bond donors (Lipinski definition) is 1. The summed E-state index contributed by atoms with van der Waals surface area (Å²) in [7, 11) is 1.67. The van der Waals surface area contributed by atoms with Crippen molar-refractivity contribution in [2.75, 3.05) is 33.4 Å². The average molecular weight is 256 g/mol. The highest BCUT2D eigenvalue weighted by molar-refractivity contribution is 5.23. The third-order valence-corrected chi connectivity index (χ3v) is 2.50. The lowest BCUT2D eigenvalue weighted by molar-refractivity contribution is 0.199. The van der Waals surface area contributed by atoms with Crippen LogP contribution in [-0.4, -0.2) is 38.4 Å². The second kappa shape index (κ2) is 8.83. The van der Waals surface area contributed by atoms with Crippen molar-refractivity contribution in [3.63, 3.8) is 0 Å². The molecule has 0 aromatic carbocycles. The summed E-state index contributed by atoms with van der Waals surface area (Å²) in [6, 6.07) is 1.70. The summed E-state index contributed by atoms with van der Waals surface area (Å²) in [6.45, 7) is 4.59. The first-order chi connectivity index (χ1) is 8.79. The quantitative estimate of drug-likeness (QED) is 0.684. The van der Waals surface area contributed by atoms with E-state index in [1.165, 1.54) is 0 Å². The predicted octanol–water partition coefficient (Wildman–Crippen LogP) is 1.79. The van der Waals surface area contributed by atoms with Gasteiger partial charge < -0.3 is 14.8 Å². The first-order valence-electron chi connectivity index (χ1n) is 6.25. The zero-order valence-electron chi connectivity index (χ0n) is 11.0. The van der Waals surface area contributed by atoms with Gasteiger partial charge in [0.15, 0.2) is 5.82 Å². The van der Waals surface area contributed by atoms with E-state index in [0.717, 1.165) is 19.5 Å². The average Bonchev–Trinajstić information content (AvgIpc) is 2.38. The van der Waals surface area contributed by atoms with Crippen LogP contribution in [0.1, 0.15) is 18.9 Å². The largest absolute Gasteiger partial charge is 0.476 e. The number of aromatic nitrogens is 1. The van der Waals surface area contributed by atoms with Crippen LogP contribution in [0.25, 0.3) is 0 Å². The Morgan fingerprint density at radius 1 is 1.39 bits per heavy atom. The molecule has 5 heteroatoms. The number of pyridine rings is 1. The molecule has 102 valence electrons. The molecule has 1 N–H and O–H groups in total. The standard InChI is InChI=1S/C13H21FN2O2/c1-3-18-13-12(14)11(6-8-16-13)5-4-7-15-9-10-17-2/h6,8,15H,3-5,7,9-10H2,1-2H3. The van der Waals surface area contributed by atoms with Crippen molar-refractivity contribution < 1.29 is 13.9 Å². The summed E-state index contributed by atoms with van der Waals surface area (Å²) in [5.74, 6) is -0.237. The lowest BCUT2D eigenvalue weighted by atomic mass is 10.1. The van der Waals surface area contributed by atoms with Gasteiger partial charge in [-0.2, -0.15) is 0 Å². The topological polar surface area (TPSA) is 43.4 Å². The Morgan fingerprint density at radius 3 is 2.94 bits per heavy atom. The summed E-state index contributed by atoms with van der Waals surface area (Å²) in [4.78, 5) is 3.87. The van der Waals surface area contributed by atoms with E-state index in [2.05, 4.69) is 10.3 Å². The smallest absolute Gasteiger partial charge is 0.250 e. The van der Waals surface area contributed by atoms with Crippen LogP contribution in [0.15, 0.2) is 12.3 Å². The number of nitrogens with zero attached hydrogens (tertiary/aromatic N) is 1. The maximum atomic E-state index is 13.9. The molecule has 0 aliphatic heterocycles. The molecule has 0 bridgehead atoms. The van der Waals surface area contributed by atoms with Crippen molar-refractivity contribution in [3.05, 3.63) is 23.6 Å². The van der Waals surface area contributed by atoms with E-state index < -0.39 is 0 Å². The Balaban J connectivity index is 2.35. The van der Waals surface area contributed by atoms with E-state index in [9.17, 15) is 4.39 Å². The Hall–Kier alpha value is -1.20. The number of rotatable bonds is 9. The third-order valence-electron chi connectivity index (χ3n) is 2.50. The van der Waals surface area contributed by atoms with E-state index in [1.807, 2.05) is 6.92 Å². The summed E-state index contributed by atoms with van der Waals surface area (Å²) >= 11 is 0. The minimum Gasteiger partial charge on any atom is -0.476 e. The molecule has 1 rings (SSSR count).